The van der Waals surface area contributed by atoms with Crippen LogP contribution in [0, 0.1) is 0 Å². The number of thiazole rings is 1. The normalized spacial score (nSPS) is 12.4. The van der Waals surface area contributed by atoms with E-state index in [2.05, 4.69) is 22.2 Å². The Bertz CT molecular complexity index is 763. The molecule has 0 bridgehead atoms. The SMILES string of the molecule is CC(CNC(=O)c1c[nH]c2cc(N)ccc12)c1nccs1. The monoisotopic (exact) mass is 300 g/mol. The van der Waals surface area contributed by atoms with E-state index in [4.69, 9.17) is 5.73 Å². The molecule has 0 radical (unpaired) electrons. The van der Waals surface area contributed by atoms with E-state index >= 15 is 0 Å². The minimum atomic E-state index is -0.0885. The molecule has 1 atom stereocenters. The summed E-state index contributed by atoms with van der Waals surface area (Å²) >= 11 is 1.60. The third-order valence-electron chi connectivity index (χ3n) is 3.39. The molecule has 3 aromatic rings. The number of benzene rings is 1. The van der Waals surface area contributed by atoms with Gasteiger partial charge >= 0.3 is 0 Å². The quantitative estimate of drug-likeness (QED) is 0.648. The zero-order valence-corrected chi connectivity index (χ0v) is 12.4. The number of hydrogen-bond acceptors (Lipinski definition) is 4. The lowest BCUT2D eigenvalue weighted by atomic mass is 10.1. The second kappa shape index (κ2) is 5.57. The molecule has 3 rings (SSSR count). The lowest BCUT2D eigenvalue weighted by Gasteiger charge is -2.09. The van der Waals surface area contributed by atoms with Gasteiger partial charge in [0, 0.05) is 46.8 Å². The van der Waals surface area contributed by atoms with Gasteiger partial charge in [-0.2, -0.15) is 0 Å². The number of H-pyrrole nitrogens is 1. The summed E-state index contributed by atoms with van der Waals surface area (Å²) in [5.74, 6) is 0.115. The molecule has 0 aliphatic carbocycles. The van der Waals surface area contributed by atoms with E-state index in [-0.39, 0.29) is 11.8 Å². The van der Waals surface area contributed by atoms with Gasteiger partial charge in [0.1, 0.15) is 0 Å². The molecule has 0 saturated carbocycles. The summed E-state index contributed by atoms with van der Waals surface area (Å²) in [5.41, 5.74) is 7.91. The summed E-state index contributed by atoms with van der Waals surface area (Å²) in [6, 6.07) is 5.48. The molecule has 0 saturated heterocycles. The molecule has 2 aromatic heterocycles. The fourth-order valence-electron chi connectivity index (χ4n) is 2.24. The number of carbonyl (C=O) groups is 1. The van der Waals surface area contributed by atoms with Crippen molar-refractivity contribution in [3.63, 3.8) is 0 Å². The van der Waals surface area contributed by atoms with Gasteiger partial charge in [-0.15, -0.1) is 11.3 Å². The van der Waals surface area contributed by atoms with Crippen molar-refractivity contribution in [2.24, 2.45) is 0 Å². The predicted molar refractivity (Wildman–Crippen MR) is 85.6 cm³/mol. The smallest absolute Gasteiger partial charge is 0.253 e. The van der Waals surface area contributed by atoms with Crippen LogP contribution in [0.3, 0.4) is 0 Å². The van der Waals surface area contributed by atoms with Gasteiger partial charge < -0.3 is 16.0 Å². The van der Waals surface area contributed by atoms with E-state index in [1.54, 1.807) is 29.8 Å². The molecular weight excluding hydrogens is 284 g/mol. The molecule has 1 unspecified atom stereocenters. The largest absolute Gasteiger partial charge is 0.399 e. The van der Waals surface area contributed by atoms with E-state index in [1.165, 1.54) is 0 Å². The van der Waals surface area contributed by atoms with Gasteiger partial charge in [0.2, 0.25) is 0 Å². The molecular formula is C15H16N4OS. The molecule has 108 valence electrons. The molecule has 0 fully saturated rings. The van der Waals surface area contributed by atoms with Gasteiger partial charge in [0.15, 0.2) is 0 Å². The van der Waals surface area contributed by atoms with Crippen LogP contribution in [-0.4, -0.2) is 22.4 Å². The van der Waals surface area contributed by atoms with Crippen molar-refractivity contribution in [1.82, 2.24) is 15.3 Å². The van der Waals surface area contributed by atoms with Gasteiger partial charge in [-0.3, -0.25) is 4.79 Å². The summed E-state index contributed by atoms with van der Waals surface area (Å²) in [7, 11) is 0. The highest BCUT2D eigenvalue weighted by Gasteiger charge is 2.14. The fourth-order valence-corrected chi connectivity index (χ4v) is 2.94. The maximum absolute atomic E-state index is 12.3. The van der Waals surface area contributed by atoms with Crippen molar-refractivity contribution in [1.29, 1.82) is 0 Å². The van der Waals surface area contributed by atoms with Crippen molar-refractivity contribution in [2.45, 2.75) is 12.8 Å². The highest BCUT2D eigenvalue weighted by Crippen LogP contribution is 2.21. The number of nitrogen functional groups attached to an aromatic ring is 1. The van der Waals surface area contributed by atoms with Crippen molar-refractivity contribution in [2.75, 3.05) is 12.3 Å². The summed E-state index contributed by atoms with van der Waals surface area (Å²) in [5, 5.41) is 6.81. The van der Waals surface area contributed by atoms with Crippen LogP contribution in [0.25, 0.3) is 10.9 Å². The Morgan fingerprint density at radius 2 is 2.38 bits per heavy atom. The maximum atomic E-state index is 12.3. The second-order valence-corrected chi connectivity index (χ2v) is 5.91. The minimum absolute atomic E-state index is 0.0885. The van der Waals surface area contributed by atoms with Crippen LogP contribution in [-0.2, 0) is 0 Å². The number of aromatic amines is 1. The first-order chi connectivity index (χ1) is 10.1. The molecule has 21 heavy (non-hydrogen) atoms. The lowest BCUT2D eigenvalue weighted by molar-refractivity contribution is 0.0953. The molecule has 1 amide bonds. The van der Waals surface area contributed by atoms with Crippen LogP contribution >= 0.6 is 11.3 Å². The van der Waals surface area contributed by atoms with Crippen LogP contribution in [0.4, 0.5) is 5.69 Å². The van der Waals surface area contributed by atoms with Gasteiger partial charge in [-0.1, -0.05) is 6.92 Å². The Morgan fingerprint density at radius 1 is 1.52 bits per heavy atom. The summed E-state index contributed by atoms with van der Waals surface area (Å²) < 4.78 is 0. The van der Waals surface area contributed by atoms with Crippen LogP contribution < -0.4 is 11.1 Å². The third-order valence-corrected chi connectivity index (χ3v) is 4.40. The number of carbonyl (C=O) groups excluding carboxylic acids is 1. The zero-order chi connectivity index (χ0) is 14.8. The molecule has 6 heteroatoms. The Morgan fingerprint density at radius 3 is 3.14 bits per heavy atom. The van der Waals surface area contributed by atoms with E-state index in [0.717, 1.165) is 15.9 Å². The van der Waals surface area contributed by atoms with Gasteiger partial charge in [0.05, 0.1) is 10.6 Å². The van der Waals surface area contributed by atoms with Gasteiger partial charge in [-0.25, -0.2) is 4.98 Å². The highest BCUT2D eigenvalue weighted by atomic mass is 32.1. The topological polar surface area (TPSA) is 83.8 Å². The molecule has 0 spiro atoms. The molecule has 4 N–H and O–H groups in total. The molecule has 0 aliphatic heterocycles. The fraction of sp³-hybridized carbons (Fsp3) is 0.200. The molecule has 5 nitrogen and oxygen atoms in total. The number of aromatic nitrogens is 2. The highest BCUT2D eigenvalue weighted by molar-refractivity contribution is 7.09. The van der Waals surface area contributed by atoms with Crippen molar-refractivity contribution in [3.8, 4) is 0 Å². The Balaban J connectivity index is 1.72. The third kappa shape index (κ3) is 2.75. The predicted octanol–water partition coefficient (Wildman–Crippen LogP) is 2.74. The van der Waals surface area contributed by atoms with E-state index < -0.39 is 0 Å². The maximum Gasteiger partial charge on any atom is 0.253 e. The Labute approximate surface area is 126 Å². The van der Waals surface area contributed by atoms with Crippen molar-refractivity contribution < 1.29 is 4.79 Å². The second-order valence-electron chi connectivity index (χ2n) is 4.99. The van der Waals surface area contributed by atoms with Crippen molar-refractivity contribution >= 4 is 33.8 Å². The first-order valence-corrected chi connectivity index (χ1v) is 7.57. The number of anilines is 1. The standard InChI is InChI=1S/C15H16N4OS/c1-9(15-17-4-5-21-15)7-19-14(20)12-8-18-13-6-10(16)2-3-11(12)13/h2-6,8-9,18H,7,16H2,1H3,(H,19,20). The van der Waals surface area contributed by atoms with E-state index in [0.29, 0.717) is 17.8 Å². The number of hydrogen-bond donors (Lipinski definition) is 3. The first kappa shape index (κ1) is 13.6. The van der Waals surface area contributed by atoms with Gasteiger partial charge in [0.25, 0.3) is 5.91 Å². The zero-order valence-electron chi connectivity index (χ0n) is 11.6. The summed E-state index contributed by atoms with van der Waals surface area (Å²) in [6.45, 7) is 2.61. The Hall–Kier alpha value is -2.34. The van der Waals surface area contributed by atoms with Crippen molar-refractivity contribution in [3.05, 3.63) is 46.5 Å². The van der Waals surface area contributed by atoms with Crippen LogP contribution in [0.5, 0.6) is 0 Å². The van der Waals surface area contributed by atoms with Crippen LogP contribution in [0.2, 0.25) is 0 Å². The number of nitrogens with zero attached hydrogens (tertiary/aromatic N) is 1. The first-order valence-electron chi connectivity index (χ1n) is 6.69. The average molecular weight is 300 g/mol. The van der Waals surface area contributed by atoms with E-state index in [1.807, 2.05) is 17.5 Å². The summed E-state index contributed by atoms with van der Waals surface area (Å²) in [6.07, 6.45) is 3.50. The minimum Gasteiger partial charge on any atom is -0.399 e. The molecule has 0 aliphatic rings. The number of rotatable bonds is 4. The Kier molecular flexibility index (Phi) is 3.62. The number of nitrogens with two attached hydrogens (primary N) is 1. The summed E-state index contributed by atoms with van der Waals surface area (Å²) in [4.78, 5) is 19.6. The van der Waals surface area contributed by atoms with Gasteiger partial charge in [-0.05, 0) is 18.2 Å². The molecule has 2 heterocycles. The number of nitrogens with one attached hydrogen (secondary N) is 2. The number of amides is 1. The molecule has 1 aromatic carbocycles. The van der Waals surface area contributed by atoms with E-state index in [9.17, 15) is 4.79 Å². The average Bonchev–Trinajstić information content (AvgIpc) is 3.13. The van der Waals surface area contributed by atoms with Crippen LogP contribution in [0.1, 0.15) is 28.2 Å². The number of fused-ring (bicyclic) bond motifs is 1. The van der Waals surface area contributed by atoms with Crippen LogP contribution in [0.15, 0.2) is 36.0 Å². The lowest BCUT2D eigenvalue weighted by Crippen LogP contribution is -2.27.